The van der Waals surface area contributed by atoms with Crippen molar-refractivity contribution >= 4 is 52.3 Å². The van der Waals surface area contributed by atoms with E-state index in [0.29, 0.717) is 10.7 Å². The minimum Gasteiger partial charge on any atom is -0.472 e. The van der Waals surface area contributed by atoms with Crippen molar-refractivity contribution in [1.82, 2.24) is 4.98 Å². The average Bonchev–Trinajstić information content (AvgIpc) is 2.61. The second-order valence-electron chi connectivity index (χ2n) is 6.43. The molecule has 1 aliphatic rings. The summed E-state index contributed by atoms with van der Waals surface area (Å²) in [6, 6.07) is 7.04. The van der Waals surface area contributed by atoms with Crippen molar-refractivity contribution in [3.05, 3.63) is 50.5 Å². The maximum absolute atomic E-state index is 12.8. The van der Waals surface area contributed by atoms with E-state index in [1.165, 1.54) is 38.1 Å². The summed E-state index contributed by atoms with van der Waals surface area (Å²) < 4.78 is 5.59. The summed E-state index contributed by atoms with van der Waals surface area (Å²) in [5.74, 6) is -1.51. The molecule has 3 rings (SSSR count). The number of anilines is 2. The van der Waals surface area contributed by atoms with Crippen molar-refractivity contribution in [3.63, 3.8) is 0 Å². The third kappa shape index (κ3) is 3.85. The maximum Gasteiger partial charge on any atom is 0.366 e. The Balaban J connectivity index is 1.90. The van der Waals surface area contributed by atoms with Crippen LogP contribution in [-0.2, 0) is 9.59 Å². The van der Waals surface area contributed by atoms with E-state index in [4.69, 9.17) is 27.9 Å². The molecule has 2 aromatic rings. The number of rotatable bonds is 4. The summed E-state index contributed by atoms with van der Waals surface area (Å²) in [6.45, 7) is 2.64. The molecule has 9 nitrogen and oxygen atoms in total. The lowest BCUT2D eigenvalue weighted by molar-refractivity contribution is -0.389. The molecule has 146 valence electrons. The summed E-state index contributed by atoms with van der Waals surface area (Å²) in [4.78, 5) is 40.5. The van der Waals surface area contributed by atoms with Crippen LogP contribution < -0.4 is 15.0 Å². The zero-order valence-corrected chi connectivity index (χ0v) is 16.2. The fourth-order valence-electron chi connectivity index (χ4n) is 2.60. The molecule has 11 heteroatoms. The highest BCUT2D eigenvalue weighted by Crippen LogP contribution is 2.37. The maximum atomic E-state index is 12.8. The largest absolute Gasteiger partial charge is 0.472 e. The SMILES string of the molecule is CC1(C)Oc2ccc([N+](=O)[O-])nc2N(CC(=O)Nc2ccc(Cl)c(Cl)c2)C1=O. The number of benzene rings is 1. The van der Waals surface area contributed by atoms with Crippen LogP contribution in [0.2, 0.25) is 10.0 Å². The van der Waals surface area contributed by atoms with E-state index in [9.17, 15) is 19.7 Å². The smallest absolute Gasteiger partial charge is 0.366 e. The van der Waals surface area contributed by atoms with Crippen molar-refractivity contribution in [3.8, 4) is 5.75 Å². The fourth-order valence-corrected chi connectivity index (χ4v) is 2.90. The molecule has 0 fully saturated rings. The monoisotopic (exact) mass is 424 g/mol. The van der Waals surface area contributed by atoms with Crippen LogP contribution in [-0.4, -0.2) is 33.9 Å². The first kappa shape index (κ1) is 19.8. The number of carbonyl (C=O) groups excluding carboxylic acids is 2. The second kappa shape index (κ2) is 7.25. The Bertz CT molecular complexity index is 996. The van der Waals surface area contributed by atoms with Crippen LogP contribution in [0.1, 0.15) is 13.8 Å². The predicted octanol–water partition coefficient (Wildman–Crippen LogP) is 3.44. The molecule has 0 atom stereocenters. The van der Waals surface area contributed by atoms with Gasteiger partial charge in [0.15, 0.2) is 11.4 Å². The topological polar surface area (TPSA) is 115 Å². The molecule has 0 bridgehead atoms. The number of fused-ring (bicyclic) bond motifs is 1. The Labute approximate surface area is 169 Å². The molecular formula is C17H14Cl2N4O5. The highest BCUT2D eigenvalue weighted by molar-refractivity contribution is 6.42. The van der Waals surface area contributed by atoms with Gasteiger partial charge in [0.2, 0.25) is 5.91 Å². The number of aromatic nitrogens is 1. The van der Waals surface area contributed by atoms with Crippen molar-refractivity contribution in [1.29, 1.82) is 0 Å². The summed E-state index contributed by atoms with van der Waals surface area (Å²) >= 11 is 11.8. The third-order valence-electron chi connectivity index (χ3n) is 3.90. The highest BCUT2D eigenvalue weighted by atomic mass is 35.5. The molecule has 0 saturated heterocycles. The number of halogens is 2. The van der Waals surface area contributed by atoms with E-state index >= 15 is 0 Å². The lowest BCUT2D eigenvalue weighted by Gasteiger charge is -2.35. The molecule has 0 aliphatic carbocycles. The van der Waals surface area contributed by atoms with E-state index in [1.807, 2.05) is 0 Å². The lowest BCUT2D eigenvalue weighted by Crippen LogP contribution is -2.54. The van der Waals surface area contributed by atoms with Crippen LogP contribution in [0.5, 0.6) is 5.75 Å². The molecule has 2 amide bonds. The first-order valence-electron chi connectivity index (χ1n) is 8.00. The van der Waals surface area contributed by atoms with E-state index in [-0.39, 0.29) is 16.6 Å². The molecule has 1 aromatic heterocycles. The zero-order chi connectivity index (χ0) is 20.6. The Morgan fingerprint density at radius 3 is 2.64 bits per heavy atom. The Morgan fingerprint density at radius 2 is 2.00 bits per heavy atom. The summed E-state index contributed by atoms with van der Waals surface area (Å²) in [5.41, 5.74) is -0.888. The Morgan fingerprint density at radius 1 is 1.29 bits per heavy atom. The van der Waals surface area contributed by atoms with Gasteiger partial charge in [-0.2, -0.15) is 0 Å². The first-order valence-corrected chi connectivity index (χ1v) is 8.75. The molecule has 1 aliphatic heterocycles. The zero-order valence-electron chi connectivity index (χ0n) is 14.7. The first-order chi connectivity index (χ1) is 13.1. The molecular weight excluding hydrogens is 411 g/mol. The molecule has 28 heavy (non-hydrogen) atoms. The van der Waals surface area contributed by atoms with Gasteiger partial charge in [-0.25, -0.2) is 0 Å². The van der Waals surface area contributed by atoms with Gasteiger partial charge in [0.05, 0.1) is 10.0 Å². The summed E-state index contributed by atoms with van der Waals surface area (Å²) in [5, 5.41) is 14.2. The Hall–Kier alpha value is -2.91. The van der Waals surface area contributed by atoms with Gasteiger partial charge in [-0.15, -0.1) is 0 Å². The van der Waals surface area contributed by atoms with Crippen molar-refractivity contribution in [2.45, 2.75) is 19.4 Å². The van der Waals surface area contributed by atoms with Crippen LogP contribution in [0, 0.1) is 10.1 Å². The number of amides is 2. The van der Waals surface area contributed by atoms with Crippen molar-refractivity contribution in [2.24, 2.45) is 0 Å². The van der Waals surface area contributed by atoms with E-state index < -0.39 is 34.7 Å². The van der Waals surface area contributed by atoms with Crippen LogP contribution >= 0.6 is 23.2 Å². The minimum absolute atomic E-state index is 0.0946. The standard InChI is InChI=1S/C17H14Cl2N4O5/c1-17(2)16(25)22(15-12(28-17)5-6-13(21-15)23(26)27)8-14(24)20-9-3-4-10(18)11(19)7-9/h3-7H,8H2,1-2H3,(H,20,24). The van der Waals surface area contributed by atoms with Gasteiger partial charge in [-0.1, -0.05) is 23.2 Å². The van der Waals surface area contributed by atoms with Crippen LogP contribution in [0.4, 0.5) is 17.3 Å². The van der Waals surface area contributed by atoms with Gasteiger partial charge >= 0.3 is 5.82 Å². The van der Waals surface area contributed by atoms with Crippen LogP contribution in [0.25, 0.3) is 0 Å². The number of nitro groups is 1. The minimum atomic E-state index is -1.27. The highest BCUT2D eigenvalue weighted by Gasteiger charge is 2.45. The quantitative estimate of drug-likeness (QED) is 0.593. The molecule has 0 unspecified atom stereocenters. The molecule has 2 heterocycles. The molecule has 1 N–H and O–H groups in total. The van der Waals surface area contributed by atoms with Crippen molar-refractivity contribution < 1.29 is 19.2 Å². The summed E-state index contributed by atoms with van der Waals surface area (Å²) in [6.07, 6.45) is 0. The number of pyridine rings is 1. The number of hydrogen-bond acceptors (Lipinski definition) is 6. The van der Waals surface area contributed by atoms with Gasteiger partial charge in [-0.3, -0.25) is 14.5 Å². The number of nitrogens with zero attached hydrogens (tertiary/aromatic N) is 3. The van der Waals surface area contributed by atoms with E-state index in [1.54, 1.807) is 6.07 Å². The second-order valence-corrected chi connectivity index (χ2v) is 7.24. The van der Waals surface area contributed by atoms with E-state index in [0.717, 1.165) is 4.90 Å². The normalized spacial score (nSPS) is 14.9. The predicted molar refractivity (Wildman–Crippen MR) is 103 cm³/mol. The van der Waals surface area contributed by atoms with Gasteiger partial charge in [0.25, 0.3) is 11.7 Å². The van der Waals surface area contributed by atoms with Crippen LogP contribution in [0.3, 0.4) is 0 Å². The Kier molecular flexibility index (Phi) is 5.14. The van der Waals surface area contributed by atoms with Crippen molar-refractivity contribution in [2.75, 3.05) is 16.8 Å². The molecule has 0 saturated carbocycles. The van der Waals surface area contributed by atoms with Gasteiger partial charge < -0.3 is 20.2 Å². The van der Waals surface area contributed by atoms with E-state index in [2.05, 4.69) is 10.3 Å². The molecule has 0 spiro atoms. The van der Waals surface area contributed by atoms with Crippen LogP contribution in [0.15, 0.2) is 30.3 Å². The molecule has 0 radical (unpaired) electrons. The third-order valence-corrected chi connectivity index (χ3v) is 4.64. The van der Waals surface area contributed by atoms with Gasteiger partial charge in [0, 0.05) is 11.8 Å². The number of ether oxygens (including phenoxy) is 1. The van der Waals surface area contributed by atoms with Gasteiger partial charge in [-0.05, 0) is 48.0 Å². The molecule has 1 aromatic carbocycles. The number of hydrogen-bond donors (Lipinski definition) is 1. The number of carbonyl (C=O) groups is 2. The summed E-state index contributed by atoms with van der Waals surface area (Å²) in [7, 11) is 0. The lowest BCUT2D eigenvalue weighted by atomic mass is 10.1. The van der Waals surface area contributed by atoms with Gasteiger partial charge in [0.1, 0.15) is 6.54 Å². The fraction of sp³-hybridized carbons (Fsp3) is 0.235. The number of nitrogens with one attached hydrogen (secondary N) is 1. The average molecular weight is 425 g/mol.